The highest BCUT2D eigenvalue weighted by atomic mass is 32.1. The number of ketones is 1. The second kappa shape index (κ2) is 8.80. The van der Waals surface area contributed by atoms with Gasteiger partial charge in [0.2, 0.25) is 5.78 Å². The van der Waals surface area contributed by atoms with Crippen molar-refractivity contribution in [3.05, 3.63) is 106 Å². The third-order valence-electron chi connectivity index (χ3n) is 5.76. The van der Waals surface area contributed by atoms with Gasteiger partial charge in [0, 0.05) is 11.3 Å². The maximum Gasteiger partial charge on any atom is 0.416 e. The molecule has 1 unspecified atom stereocenters. The minimum Gasteiger partial charge on any atom is -0.503 e. The number of hydrogen-bond donors (Lipinski definition) is 1. The average Bonchev–Trinajstić information content (AvgIpc) is 3.58. The van der Waals surface area contributed by atoms with Crippen LogP contribution in [0.4, 0.5) is 18.9 Å². The van der Waals surface area contributed by atoms with Crippen molar-refractivity contribution in [2.45, 2.75) is 19.1 Å². The molecule has 5 rings (SSSR count). The van der Waals surface area contributed by atoms with Crippen LogP contribution in [0.15, 0.2) is 88.7 Å². The van der Waals surface area contributed by atoms with Gasteiger partial charge in [-0.3, -0.25) is 14.5 Å². The summed E-state index contributed by atoms with van der Waals surface area (Å²) in [7, 11) is 0. The van der Waals surface area contributed by atoms with Crippen LogP contribution in [0, 0.1) is 6.92 Å². The molecule has 4 aromatic rings. The Hall–Kier alpha value is -4.18. The fraction of sp³-hybridized carbons (Fsp3) is 0.115. The van der Waals surface area contributed by atoms with Gasteiger partial charge in [-0.25, -0.2) is 4.98 Å². The van der Waals surface area contributed by atoms with E-state index in [0.717, 1.165) is 46.1 Å². The molecule has 1 aliphatic heterocycles. The number of aromatic nitrogens is 1. The molecule has 1 atom stereocenters. The number of aliphatic hydroxyl groups excluding tert-OH is 1. The van der Waals surface area contributed by atoms with Gasteiger partial charge in [-0.1, -0.05) is 30.3 Å². The van der Waals surface area contributed by atoms with Crippen LogP contribution in [0.5, 0.6) is 0 Å². The number of rotatable bonds is 5. The molecule has 0 bridgehead atoms. The number of alkyl halides is 3. The van der Waals surface area contributed by atoms with Crippen LogP contribution in [0.3, 0.4) is 0 Å². The lowest BCUT2D eigenvalue weighted by Gasteiger charge is -2.25. The average molecular weight is 510 g/mol. The number of Topliss-reactive ketones (excluding diaryl/α,β-unsaturated/α-hetero) is 1. The molecule has 1 N–H and O–H groups in total. The number of anilines is 1. The Kier molecular flexibility index (Phi) is 5.76. The van der Waals surface area contributed by atoms with Crippen molar-refractivity contribution in [1.29, 1.82) is 0 Å². The fourth-order valence-corrected chi connectivity index (χ4v) is 5.09. The fourth-order valence-electron chi connectivity index (χ4n) is 4.06. The Morgan fingerprint density at radius 2 is 1.75 bits per heavy atom. The topological polar surface area (TPSA) is 83.6 Å². The first kappa shape index (κ1) is 23.6. The Balaban J connectivity index is 1.58. The molecule has 10 heteroatoms. The number of nitrogens with zero attached hydrogens (tertiary/aromatic N) is 2. The van der Waals surface area contributed by atoms with E-state index in [0.29, 0.717) is 10.7 Å². The summed E-state index contributed by atoms with van der Waals surface area (Å²) in [5.74, 6) is -2.17. The number of aryl methyl sites for hydroxylation is 1. The number of aliphatic hydroxyl groups is 1. The van der Waals surface area contributed by atoms with Crippen LogP contribution in [0.25, 0.3) is 10.6 Å². The highest BCUT2D eigenvalue weighted by Gasteiger charge is 2.47. The Bertz CT molecular complexity index is 1470. The van der Waals surface area contributed by atoms with Gasteiger partial charge < -0.3 is 9.52 Å². The van der Waals surface area contributed by atoms with Gasteiger partial charge in [0.1, 0.15) is 16.8 Å². The zero-order chi connectivity index (χ0) is 25.6. The molecular weight excluding hydrogens is 493 g/mol. The van der Waals surface area contributed by atoms with E-state index in [4.69, 9.17) is 4.42 Å². The maximum atomic E-state index is 13.7. The van der Waals surface area contributed by atoms with E-state index >= 15 is 0 Å². The molecule has 0 aliphatic carbocycles. The van der Waals surface area contributed by atoms with Crippen LogP contribution >= 0.6 is 11.3 Å². The molecule has 0 saturated carbocycles. The highest BCUT2D eigenvalue weighted by molar-refractivity contribution is 7.17. The predicted octanol–water partition coefficient (Wildman–Crippen LogP) is 6.51. The lowest BCUT2D eigenvalue weighted by Crippen LogP contribution is -2.30. The highest BCUT2D eigenvalue weighted by Crippen LogP contribution is 2.44. The second-order valence-corrected chi connectivity index (χ2v) is 9.03. The van der Waals surface area contributed by atoms with Crippen molar-refractivity contribution in [2.75, 3.05) is 4.90 Å². The minimum atomic E-state index is -4.56. The summed E-state index contributed by atoms with van der Waals surface area (Å²) in [6, 6.07) is 15.0. The Labute approximate surface area is 206 Å². The van der Waals surface area contributed by atoms with Crippen LogP contribution in [0.1, 0.15) is 32.7 Å². The van der Waals surface area contributed by atoms with Crippen molar-refractivity contribution in [2.24, 2.45) is 0 Å². The van der Waals surface area contributed by atoms with Crippen LogP contribution < -0.4 is 4.90 Å². The number of furan rings is 1. The third-order valence-corrected chi connectivity index (χ3v) is 6.97. The van der Waals surface area contributed by atoms with Gasteiger partial charge in [-0.15, -0.1) is 11.3 Å². The van der Waals surface area contributed by atoms with Crippen LogP contribution in [-0.4, -0.2) is 21.8 Å². The smallest absolute Gasteiger partial charge is 0.416 e. The zero-order valence-electron chi connectivity index (χ0n) is 18.6. The van der Waals surface area contributed by atoms with Gasteiger partial charge in [-0.2, -0.15) is 13.2 Å². The first-order valence-corrected chi connectivity index (χ1v) is 11.5. The van der Waals surface area contributed by atoms with E-state index in [1.165, 1.54) is 12.3 Å². The largest absolute Gasteiger partial charge is 0.503 e. The minimum absolute atomic E-state index is 0.0646. The number of halogens is 3. The van der Waals surface area contributed by atoms with Crippen molar-refractivity contribution in [3.8, 4) is 10.6 Å². The van der Waals surface area contributed by atoms with Gasteiger partial charge in [0.05, 0.1) is 28.0 Å². The van der Waals surface area contributed by atoms with E-state index < -0.39 is 35.2 Å². The standard InChI is InChI=1S/C26H17F3N2O4S/c1-14-23(36-24(30-14)15-6-3-2-4-7-15)21(32)19-20(18-8-5-13-35-18)31(25(34)22(19)33)17-11-9-16(10-12-17)26(27,28)29/h2-13,20,33H,1H3. The van der Waals surface area contributed by atoms with Gasteiger partial charge >= 0.3 is 6.18 Å². The zero-order valence-corrected chi connectivity index (χ0v) is 19.4. The van der Waals surface area contributed by atoms with Gasteiger partial charge in [-0.05, 0) is 43.3 Å². The molecule has 2 aromatic heterocycles. The summed E-state index contributed by atoms with van der Waals surface area (Å²) in [5, 5.41) is 11.4. The Morgan fingerprint density at radius 3 is 2.36 bits per heavy atom. The molecule has 1 amide bonds. The summed E-state index contributed by atoms with van der Waals surface area (Å²) < 4.78 is 44.7. The summed E-state index contributed by atoms with van der Waals surface area (Å²) in [6.07, 6.45) is -3.22. The van der Waals surface area contributed by atoms with Crippen molar-refractivity contribution < 1.29 is 32.3 Å². The summed E-state index contributed by atoms with van der Waals surface area (Å²) >= 11 is 1.12. The van der Waals surface area contributed by atoms with Crippen molar-refractivity contribution >= 4 is 28.7 Å². The molecule has 0 radical (unpaired) electrons. The molecule has 182 valence electrons. The lowest BCUT2D eigenvalue weighted by molar-refractivity contribution is -0.137. The molecular formula is C26H17F3N2O4S. The number of benzene rings is 2. The first-order valence-electron chi connectivity index (χ1n) is 10.7. The molecule has 1 aliphatic rings. The normalized spacial score (nSPS) is 16.2. The number of carbonyl (C=O) groups excluding carboxylic acids is 2. The quantitative estimate of drug-likeness (QED) is 0.309. The number of amides is 1. The van der Waals surface area contributed by atoms with Gasteiger partial charge in [0.25, 0.3) is 5.91 Å². The number of carbonyl (C=O) groups is 2. The van der Waals surface area contributed by atoms with E-state index in [-0.39, 0.29) is 21.9 Å². The summed E-state index contributed by atoms with van der Waals surface area (Å²) in [6.45, 7) is 1.65. The summed E-state index contributed by atoms with van der Waals surface area (Å²) in [4.78, 5) is 32.6. The van der Waals surface area contributed by atoms with Crippen molar-refractivity contribution in [1.82, 2.24) is 4.98 Å². The lowest BCUT2D eigenvalue weighted by atomic mass is 9.99. The van der Waals surface area contributed by atoms with Crippen LogP contribution in [0.2, 0.25) is 0 Å². The molecule has 3 heterocycles. The molecule has 6 nitrogen and oxygen atoms in total. The second-order valence-electron chi connectivity index (χ2n) is 8.03. The Morgan fingerprint density at radius 1 is 1.06 bits per heavy atom. The molecule has 36 heavy (non-hydrogen) atoms. The number of hydrogen-bond acceptors (Lipinski definition) is 6. The number of thiazole rings is 1. The van der Waals surface area contributed by atoms with E-state index in [2.05, 4.69) is 4.98 Å². The van der Waals surface area contributed by atoms with E-state index in [1.807, 2.05) is 30.3 Å². The van der Waals surface area contributed by atoms with Gasteiger partial charge in [0.15, 0.2) is 5.76 Å². The maximum absolute atomic E-state index is 13.7. The van der Waals surface area contributed by atoms with E-state index in [1.54, 1.807) is 13.0 Å². The van der Waals surface area contributed by atoms with Crippen molar-refractivity contribution in [3.63, 3.8) is 0 Å². The molecule has 0 saturated heterocycles. The molecule has 0 spiro atoms. The first-order chi connectivity index (χ1) is 17.2. The SMILES string of the molecule is Cc1nc(-c2ccccc2)sc1C(=O)C1=C(O)C(=O)N(c2ccc(C(F)(F)F)cc2)C1c1ccco1. The van der Waals surface area contributed by atoms with E-state index in [9.17, 15) is 27.9 Å². The predicted molar refractivity (Wildman–Crippen MR) is 127 cm³/mol. The van der Waals surface area contributed by atoms with Crippen LogP contribution in [-0.2, 0) is 11.0 Å². The monoisotopic (exact) mass is 510 g/mol. The third kappa shape index (κ3) is 3.99. The molecule has 0 fully saturated rings. The molecule has 2 aromatic carbocycles. The summed E-state index contributed by atoms with van der Waals surface area (Å²) in [5.41, 5.74) is 0.160.